The molecule has 0 radical (unpaired) electrons. The highest BCUT2D eigenvalue weighted by atomic mass is 35.5. The third kappa shape index (κ3) is 2.29. The number of nitrogens with two attached hydrogens (primary N) is 1. The predicted octanol–water partition coefficient (Wildman–Crippen LogP) is 2.52. The predicted molar refractivity (Wildman–Crippen MR) is 68.7 cm³/mol. The Labute approximate surface area is 102 Å². The molecule has 4 heteroatoms. The Kier molecular flexibility index (Phi) is 4.05. The van der Waals surface area contributed by atoms with E-state index in [9.17, 15) is 0 Å². The summed E-state index contributed by atoms with van der Waals surface area (Å²) in [5.41, 5.74) is 9.51. The lowest BCUT2D eigenvalue weighted by atomic mass is 9.85. The van der Waals surface area contributed by atoms with Crippen LogP contribution in [0.1, 0.15) is 35.6 Å². The molecule has 1 aromatic heterocycles. The highest BCUT2D eigenvalue weighted by molar-refractivity contribution is 7.80. The van der Waals surface area contributed by atoms with Crippen molar-refractivity contribution in [1.82, 2.24) is 4.98 Å². The van der Waals surface area contributed by atoms with Gasteiger partial charge in [0.2, 0.25) is 0 Å². The Morgan fingerprint density at radius 3 is 3.00 bits per heavy atom. The van der Waals surface area contributed by atoms with Crippen LogP contribution in [0.5, 0.6) is 0 Å². The highest BCUT2D eigenvalue weighted by Gasteiger charge is 2.24. The van der Waals surface area contributed by atoms with Crippen LogP contribution in [0.3, 0.4) is 0 Å². The molecule has 0 aromatic carbocycles. The van der Waals surface area contributed by atoms with E-state index in [0.29, 0.717) is 4.99 Å². The number of fused-ring (bicyclic) bond motifs is 1. The second kappa shape index (κ2) is 4.90. The van der Waals surface area contributed by atoms with Crippen molar-refractivity contribution in [1.29, 1.82) is 0 Å². The summed E-state index contributed by atoms with van der Waals surface area (Å²) >= 11 is 5.07. The molecule has 0 saturated carbocycles. The van der Waals surface area contributed by atoms with E-state index < -0.39 is 0 Å². The van der Waals surface area contributed by atoms with Gasteiger partial charge in [0.1, 0.15) is 0 Å². The second-order valence-electron chi connectivity index (χ2n) is 3.84. The van der Waals surface area contributed by atoms with Crippen LogP contribution < -0.4 is 5.73 Å². The summed E-state index contributed by atoms with van der Waals surface area (Å²) in [6.45, 7) is 2.13. The van der Waals surface area contributed by atoms with E-state index >= 15 is 0 Å². The zero-order chi connectivity index (χ0) is 10.1. The Balaban J connectivity index is 0.00000112. The zero-order valence-electron chi connectivity index (χ0n) is 8.69. The molecule has 2 N–H and O–H groups in total. The lowest BCUT2D eigenvalue weighted by molar-refractivity contribution is 0.630. The minimum Gasteiger partial charge on any atom is -0.393 e. The van der Waals surface area contributed by atoms with Crippen LogP contribution in [0.4, 0.5) is 0 Å². The Bertz CT molecular complexity index is 379. The Morgan fingerprint density at radius 1 is 1.60 bits per heavy atom. The first-order valence-electron chi connectivity index (χ1n) is 4.94. The van der Waals surface area contributed by atoms with Gasteiger partial charge in [0.25, 0.3) is 0 Å². The molecule has 0 aliphatic heterocycles. The van der Waals surface area contributed by atoms with Gasteiger partial charge in [-0.05, 0) is 43.4 Å². The Morgan fingerprint density at radius 2 is 2.33 bits per heavy atom. The summed E-state index contributed by atoms with van der Waals surface area (Å²) in [6.07, 6.45) is 5.19. The molecule has 1 unspecified atom stereocenters. The van der Waals surface area contributed by atoms with E-state index in [1.54, 1.807) is 0 Å². The molecule has 2 nitrogen and oxygen atoms in total. The minimum absolute atomic E-state index is 0. The van der Waals surface area contributed by atoms with Gasteiger partial charge in [-0.25, -0.2) is 0 Å². The van der Waals surface area contributed by atoms with E-state index in [0.717, 1.165) is 18.5 Å². The Hall–Kier alpha value is -0.670. The first kappa shape index (κ1) is 12.4. The summed E-state index contributed by atoms with van der Waals surface area (Å²) in [7, 11) is 0. The van der Waals surface area contributed by atoms with Gasteiger partial charge < -0.3 is 5.73 Å². The molecule has 15 heavy (non-hydrogen) atoms. The molecule has 1 atom stereocenters. The smallest absolute Gasteiger partial charge is 0.0819 e. The average Bonchev–Trinajstić information content (AvgIpc) is 2.17. The molecule has 0 bridgehead atoms. The summed E-state index contributed by atoms with van der Waals surface area (Å²) in [6, 6.07) is 2.06. The number of pyridine rings is 1. The van der Waals surface area contributed by atoms with Crippen LogP contribution in [0.2, 0.25) is 0 Å². The van der Waals surface area contributed by atoms with Gasteiger partial charge in [0.15, 0.2) is 0 Å². The van der Waals surface area contributed by atoms with E-state index in [4.69, 9.17) is 18.0 Å². The largest absolute Gasteiger partial charge is 0.393 e. The molecule has 1 heterocycles. The summed E-state index contributed by atoms with van der Waals surface area (Å²) in [5.74, 6) is 0.202. The van der Waals surface area contributed by atoms with E-state index in [-0.39, 0.29) is 18.3 Å². The standard InChI is InChI=1S/C11H14N2S.ClH/c1-7-5-6-13-10-8(7)3-2-4-9(10)11(12)14;/h5-6,9H,2-4H2,1H3,(H2,12,14);1H. The van der Waals surface area contributed by atoms with Gasteiger partial charge in [-0.1, -0.05) is 12.2 Å². The number of aromatic nitrogens is 1. The normalized spacial score (nSPS) is 18.9. The number of nitrogens with zero attached hydrogens (tertiary/aromatic N) is 1. The van der Waals surface area contributed by atoms with Gasteiger partial charge >= 0.3 is 0 Å². The highest BCUT2D eigenvalue weighted by Crippen LogP contribution is 2.31. The quantitative estimate of drug-likeness (QED) is 0.770. The average molecular weight is 243 g/mol. The van der Waals surface area contributed by atoms with E-state index in [1.165, 1.54) is 17.5 Å². The SMILES string of the molecule is Cc1ccnc2c1CCCC2C(N)=S.Cl. The van der Waals surface area contributed by atoms with Crippen LogP contribution >= 0.6 is 24.6 Å². The molecule has 0 amide bonds. The van der Waals surface area contributed by atoms with Crippen molar-refractivity contribution < 1.29 is 0 Å². The molecular weight excluding hydrogens is 228 g/mol. The second-order valence-corrected chi connectivity index (χ2v) is 4.31. The zero-order valence-corrected chi connectivity index (χ0v) is 10.3. The maximum absolute atomic E-state index is 5.72. The van der Waals surface area contributed by atoms with Crippen molar-refractivity contribution in [3.8, 4) is 0 Å². The topological polar surface area (TPSA) is 38.9 Å². The monoisotopic (exact) mass is 242 g/mol. The molecule has 0 spiro atoms. The number of thiocarbonyl (C=S) groups is 1. The van der Waals surface area contributed by atoms with Crippen molar-refractivity contribution in [3.05, 3.63) is 29.1 Å². The van der Waals surface area contributed by atoms with E-state index in [2.05, 4.69) is 18.0 Å². The fourth-order valence-electron chi connectivity index (χ4n) is 2.13. The fourth-order valence-corrected chi connectivity index (χ4v) is 2.36. The number of hydrogen-bond acceptors (Lipinski definition) is 2. The van der Waals surface area contributed by atoms with Crippen molar-refractivity contribution >= 4 is 29.6 Å². The van der Waals surface area contributed by atoms with Crippen molar-refractivity contribution in [3.63, 3.8) is 0 Å². The van der Waals surface area contributed by atoms with Crippen LogP contribution in [0.25, 0.3) is 0 Å². The number of rotatable bonds is 1. The third-order valence-electron chi connectivity index (χ3n) is 2.92. The van der Waals surface area contributed by atoms with Gasteiger partial charge in [-0.3, -0.25) is 4.98 Å². The number of aryl methyl sites for hydroxylation is 1. The molecule has 1 aliphatic carbocycles. The van der Waals surface area contributed by atoms with Crippen LogP contribution in [0, 0.1) is 6.92 Å². The van der Waals surface area contributed by atoms with Gasteiger partial charge in [-0.15, -0.1) is 12.4 Å². The van der Waals surface area contributed by atoms with Crippen molar-refractivity contribution in [2.75, 3.05) is 0 Å². The molecule has 82 valence electrons. The van der Waals surface area contributed by atoms with Crippen LogP contribution in [-0.4, -0.2) is 9.97 Å². The van der Waals surface area contributed by atoms with Gasteiger partial charge in [0, 0.05) is 6.20 Å². The molecule has 1 aromatic rings. The van der Waals surface area contributed by atoms with Crippen LogP contribution in [-0.2, 0) is 6.42 Å². The van der Waals surface area contributed by atoms with Crippen LogP contribution in [0.15, 0.2) is 12.3 Å². The minimum atomic E-state index is 0. The molecule has 0 fully saturated rings. The maximum Gasteiger partial charge on any atom is 0.0819 e. The van der Waals surface area contributed by atoms with Gasteiger partial charge in [0.05, 0.1) is 16.6 Å². The first-order valence-corrected chi connectivity index (χ1v) is 5.34. The number of hydrogen-bond donors (Lipinski definition) is 1. The summed E-state index contributed by atoms with van der Waals surface area (Å²) in [4.78, 5) is 5.00. The fraction of sp³-hybridized carbons (Fsp3) is 0.455. The lowest BCUT2D eigenvalue weighted by Crippen LogP contribution is -2.24. The first-order chi connectivity index (χ1) is 6.70. The van der Waals surface area contributed by atoms with Crippen molar-refractivity contribution in [2.24, 2.45) is 5.73 Å². The maximum atomic E-state index is 5.72. The summed E-state index contributed by atoms with van der Waals surface area (Å²) < 4.78 is 0. The molecule has 0 saturated heterocycles. The lowest BCUT2D eigenvalue weighted by Gasteiger charge is -2.24. The van der Waals surface area contributed by atoms with Crippen molar-refractivity contribution in [2.45, 2.75) is 32.1 Å². The summed E-state index contributed by atoms with van der Waals surface area (Å²) in [5, 5.41) is 0. The third-order valence-corrected chi connectivity index (χ3v) is 3.20. The molecule has 1 aliphatic rings. The van der Waals surface area contributed by atoms with Gasteiger partial charge in [-0.2, -0.15) is 0 Å². The number of halogens is 1. The molecular formula is C11H15ClN2S. The molecule has 2 rings (SSSR count). The van der Waals surface area contributed by atoms with E-state index in [1.807, 2.05) is 6.20 Å².